The van der Waals surface area contributed by atoms with Gasteiger partial charge in [0.25, 0.3) is 0 Å². The summed E-state index contributed by atoms with van der Waals surface area (Å²) in [5, 5.41) is 2.62. The van der Waals surface area contributed by atoms with Gasteiger partial charge in [-0.15, -0.1) is 0 Å². The molecular weight excluding hydrogens is 260 g/mol. The Balaban J connectivity index is 2.32. The van der Waals surface area contributed by atoms with E-state index in [0.29, 0.717) is 5.69 Å². The van der Waals surface area contributed by atoms with Crippen molar-refractivity contribution in [1.82, 2.24) is 5.32 Å². The molecule has 2 rings (SSSR count). The van der Waals surface area contributed by atoms with Gasteiger partial charge in [-0.3, -0.25) is 0 Å². The van der Waals surface area contributed by atoms with Gasteiger partial charge in [0.15, 0.2) is 5.67 Å². The molecule has 1 fully saturated rings. The SMILES string of the molecule is Nc1ccc(F)c([C@]2(CF)CC[C@](F)(CF)CN2)c1. The molecule has 1 aromatic carbocycles. The van der Waals surface area contributed by atoms with Gasteiger partial charge in [-0.25, -0.2) is 17.6 Å². The number of hydrogen-bond acceptors (Lipinski definition) is 2. The molecule has 1 heterocycles. The molecule has 0 bridgehead atoms. The summed E-state index contributed by atoms with van der Waals surface area (Å²) in [5.74, 6) is -0.606. The zero-order chi connectivity index (χ0) is 14.1. The molecule has 0 aliphatic carbocycles. The third-order valence-corrected chi connectivity index (χ3v) is 3.72. The summed E-state index contributed by atoms with van der Waals surface area (Å²) in [6.07, 6.45) is -0.182. The van der Waals surface area contributed by atoms with E-state index in [1.807, 2.05) is 0 Å². The van der Waals surface area contributed by atoms with E-state index in [0.717, 1.165) is 6.07 Å². The van der Waals surface area contributed by atoms with Gasteiger partial charge in [-0.1, -0.05) is 0 Å². The Bertz CT molecular complexity index is 456. The number of nitrogens with two attached hydrogens (primary N) is 1. The van der Waals surface area contributed by atoms with Crippen LogP contribution in [0.3, 0.4) is 0 Å². The molecule has 3 N–H and O–H groups in total. The summed E-state index contributed by atoms with van der Waals surface area (Å²) < 4.78 is 53.6. The molecule has 19 heavy (non-hydrogen) atoms. The molecule has 0 amide bonds. The molecule has 106 valence electrons. The standard InChI is InChI=1S/C13H16F4N2/c14-6-12(17)3-4-13(7-15,19-8-12)10-5-9(18)1-2-11(10)16/h1-2,5,19H,3-4,6-8,18H2/t12-,13+/m0/s1. The van der Waals surface area contributed by atoms with Gasteiger partial charge in [0, 0.05) is 17.8 Å². The second kappa shape index (κ2) is 5.00. The van der Waals surface area contributed by atoms with Crippen molar-refractivity contribution in [3.05, 3.63) is 29.6 Å². The molecule has 0 aromatic heterocycles. The average molecular weight is 276 g/mol. The first kappa shape index (κ1) is 14.1. The highest BCUT2D eigenvalue weighted by molar-refractivity contribution is 5.44. The number of nitrogen functional groups attached to an aromatic ring is 1. The third kappa shape index (κ3) is 2.54. The van der Waals surface area contributed by atoms with Crippen LogP contribution in [-0.2, 0) is 5.54 Å². The Hall–Kier alpha value is -1.30. The molecule has 6 heteroatoms. The third-order valence-electron chi connectivity index (χ3n) is 3.72. The minimum absolute atomic E-state index is 0.0235. The molecule has 0 saturated carbocycles. The Morgan fingerprint density at radius 1 is 1.21 bits per heavy atom. The number of nitrogens with one attached hydrogen (secondary N) is 1. The Labute approximate surface area is 109 Å². The van der Waals surface area contributed by atoms with E-state index in [1.165, 1.54) is 12.1 Å². The lowest BCUT2D eigenvalue weighted by Crippen LogP contribution is -2.56. The molecule has 1 aromatic rings. The number of rotatable bonds is 3. The van der Waals surface area contributed by atoms with E-state index in [9.17, 15) is 17.6 Å². The molecule has 0 spiro atoms. The first-order chi connectivity index (χ1) is 8.95. The van der Waals surface area contributed by atoms with Crippen molar-refractivity contribution in [2.24, 2.45) is 0 Å². The molecule has 2 atom stereocenters. The molecule has 0 radical (unpaired) electrons. The second-order valence-corrected chi connectivity index (χ2v) is 5.09. The summed E-state index contributed by atoms with van der Waals surface area (Å²) in [6, 6.07) is 3.85. The van der Waals surface area contributed by atoms with E-state index in [2.05, 4.69) is 5.32 Å². The minimum atomic E-state index is -2.00. The smallest absolute Gasteiger partial charge is 0.151 e. The zero-order valence-electron chi connectivity index (χ0n) is 10.4. The van der Waals surface area contributed by atoms with Crippen LogP contribution in [-0.4, -0.2) is 25.6 Å². The van der Waals surface area contributed by atoms with E-state index >= 15 is 0 Å². The van der Waals surface area contributed by atoms with Gasteiger partial charge in [0.05, 0.1) is 5.54 Å². The summed E-state index contributed by atoms with van der Waals surface area (Å²) in [5.41, 5.74) is 2.61. The molecular formula is C13H16F4N2. The summed E-state index contributed by atoms with van der Waals surface area (Å²) >= 11 is 0. The fourth-order valence-corrected chi connectivity index (χ4v) is 2.38. The number of benzene rings is 1. The van der Waals surface area contributed by atoms with Gasteiger partial charge in [-0.05, 0) is 31.0 Å². The lowest BCUT2D eigenvalue weighted by molar-refractivity contribution is 0.0359. The molecule has 1 aliphatic heterocycles. The van der Waals surface area contributed by atoms with Gasteiger partial charge in [0.1, 0.15) is 19.2 Å². The first-order valence-corrected chi connectivity index (χ1v) is 6.06. The van der Waals surface area contributed by atoms with E-state index in [1.54, 1.807) is 0 Å². The van der Waals surface area contributed by atoms with Gasteiger partial charge in [-0.2, -0.15) is 0 Å². The van der Waals surface area contributed by atoms with Crippen LogP contribution in [0.2, 0.25) is 0 Å². The predicted octanol–water partition coefficient (Wildman–Crippen LogP) is 2.63. The van der Waals surface area contributed by atoms with Crippen LogP contribution in [0.25, 0.3) is 0 Å². The number of anilines is 1. The van der Waals surface area contributed by atoms with Crippen LogP contribution in [0.5, 0.6) is 0 Å². The van der Waals surface area contributed by atoms with Crippen molar-refractivity contribution in [3.63, 3.8) is 0 Å². The minimum Gasteiger partial charge on any atom is -0.399 e. The Morgan fingerprint density at radius 3 is 2.47 bits per heavy atom. The average Bonchev–Trinajstić information content (AvgIpc) is 2.43. The topological polar surface area (TPSA) is 38.0 Å². The number of piperidine rings is 1. The number of hydrogen-bond donors (Lipinski definition) is 2. The van der Waals surface area contributed by atoms with E-state index < -0.39 is 30.4 Å². The Morgan fingerprint density at radius 2 is 1.95 bits per heavy atom. The lowest BCUT2D eigenvalue weighted by Gasteiger charge is -2.42. The lowest BCUT2D eigenvalue weighted by atomic mass is 9.79. The first-order valence-electron chi connectivity index (χ1n) is 6.06. The molecule has 0 unspecified atom stereocenters. The molecule has 2 nitrogen and oxygen atoms in total. The highest BCUT2D eigenvalue weighted by Gasteiger charge is 2.45. The summed E-state index contributed by atoms with van der Waals surface area (Å²) in [6.45, 7) is -2.39. The quantitative estimate of drug-likeness (QED) is 0.658. The van der Waals surface area contributed by atoms with Crippen LogP contribution >= 0.6 is 0 Å². The van der Waals surface area contributed by atoms with Crippen LogP contribution in [0.4, 0.5) is 23.2 Å². The van der Waals surface area contributed by atoms with Crippen molar-refractivity contribution in [2.75, 3.05) is 25.6 Å². The summed E-state index contributed by atoms with van der Waals surface area (Å²) in [4.78, 5) is 0. The monoisotopic (exact) mass is 276 g/mol. The predicted molar refractivity (Wildman–Crippen MR) is 65.5 cm³/mol. The fraction of sp³-hybridized carbons (Fsp3) is 0.538. The number of halogens is 4. The van der Waals surface area contributed by atoms with Gasteiger partial charge in [0.2, 0.25) is 0 Å². The largest absolute Gasteiger partial charge is 0.399 e. The highest BCUT2D eigenvalue weighted by Crippen LogP contribution is 2.38. The molecule has 1 saturated heterocycles. The van der Waals surface area contributed by atoms with Crippen molar-refractivity contribution in [2.45, 2.75) is 24.0 Å². The normalized spacial score (nSPS) is 31.4. The van der Waals surface area contributed by atoms with Crippen LogP contribution in [0.1, 0.15) is 18.4 Å². The van der Waals surface area contributed by atoms with Crippen molar-refractivity contribution in [3.8, 4) is 0 Å². The van der Waals surface area contributed by atoms with Crippen LogP contribution in [0.15, 0.2) is 18.2 Å². The van der Waals surface area contributed by atoms with E-state index in [4.69, 9.17) is 5.73 Å². The van der Waals surface area contributed by atoms with Crippen molar-refractivity contribution >= 4 is 5.69 Å². The highest BCUT2D eigenvalue weighted by atomic mass is 19.2. The van der Waals surface area contributed by atoms with Crippen LogP contribution in [0, 0.1) is 5.82 Å². The van der Waals surface area contributed by atoms with Gasteiger partial charge >= 0.3 is 0 Å². The fourth-order valence-electron chi connectivity index (χ4n) is 2.38. The maximum atomic E-state index is 13.8. The van der Waals surface area contributed by atoms with Crippen molar-refractivity contribution < 1.29 is 17.6 Å². The second-order valence-electron chi connectivity index (χ2n) is 5.09. The van der Waals surface area contributed by atoms with Crippen molar-refractivity contribution in [1.29, 1.82) is 0 Å². The summed E-state index contributed by atoms with van der Waals surface area (Å²) in [7, 11) is 0. The van der Waals surface area contributed by atoms with E-state index in [-0.39, 0.29) is 24.9 Å². The van der Waals surface area contributed by atoms with Crippen LogP contribution < -0.4 is 11.1 Å². The molecule has 1 aliphatic rings. The number of alkyl halides is 3. The zero-order valence-corrected chi connectivity index (χ0v) is 10.4. The Kier molecular flexibility index (Phi) is 3.71. The maximum Gasteiger partial charge on any atom is 0.151 e. The maximum absolute atomic E-state index is 13.8. The van der Waals surface area contributed by atoms with Gasteiger partial charge < -0.3 is 11.1 Å².